The molecule has 0 aliphatic rings. The van der Waals surface area contributed by atoms with Gasteiger partial charge in [0.05, 0.1) is 6.07 Å². The van der Waals surface area contributed by atoms with Crippen LogP contribution in [0.5, 0.6) is 0 Å². The molecule has 0 aliphatic heterocycles. The summed E-state index contributed by atoms with van der Waals surface area (Å²) in [6.07, 6.45) is 2.06. The molecule has 3 N–H and O–H groups in total. The summed E-state index contributed by atoms with van der Waals surface area (Å²) in [5.74, 6) is 0. The molecule has 0 unspecified atom stereocenters. The quantitative estimate of drug-likeness (QED) is 0.258. The summed E-state index contributed by atoms with van der Waals surface area (Å²) in [6.45, 7) is 7.17. The Labute approximate surface area is 79.8 Å². The molecule has 0 aromatic carbocycles. The average Bonchev–Trinajstić information content (AvgIpc) is 2.08. The van der Waals surface area contributed by atoms with Crippen LogP contribution < -0.4 is 5.73 Å². The lowest BCUT2D eigenvalue weighted by Gasteiger charge is -1.54. The van der Waals surface area contributed by atoms with Crippen LogP contribution in [0, 0.1) is 11.3 Å². The van der Waals surface area contributed by atoms with E-state index in [1.807, 2.05) is 6.92 Å². The van der Waals surface area contributed by atoms with E-state index in [0.717, 1.165) is 12.8 Å². The minimum atomic E-state index is 0.750. The van der Waals surface area contributed by atoms with Crippen LogP contribution in [-0.4, -0.2) is 24.3 Å². The predicted molar refractivity (Wildman–Crippen MR) is 53.7 cm³/mol. The molecule has 0 spiro atoms. The van der Waals surface area contributed by atoms with Gasteiger partial charge in [0.15, 0.2) is 0 Å². The highest BCUT2D eigenvalue weighted by Gasteiger charge is 1.34. The van der Waals surface area contributed by atoms with E-state index in [-0.39, 0.29) is 0 Å². The van der Waals surface area contributed by atoms with E-state index in [0.29, 0.717) is 0 Å². The highest BCUT2D eigenvalue weighted by atomic mass is 16.4. The van der Waals surface area contributed by atoms with Crippen LogP contribution in [0.1, 0.15) is 27.7 Å². The van der Waals surface area contributed by atoms with Gasteiger partial charge in [-0.05, 0) is 20.4 Å². The lowest BCUT2D eigenvalue weighted by molar-refractivity contribution is -0.106. The van der Waals surface area contributed by atoms with E-state index < -0.39 is 0 Å². The molecule has 78 valence electrons. The fraction of sp³-hybridized carbons (Fsp3) is 0.625. The first-order chi connectivity index (χ1) is 6.16. The van der Waals surface area contributed by atoms with Crippen molar-refractivity contribution < 1.29 is 10.0 Å². The van der Waals surface area contributed by atoms with Crippen molar-refractivity contribution in [2.24, 2.45) is 10.9 Å². The number of nitrogens with two attached hydrogens (primary N) is 1. The third kappa shape index (κ3) is 4650. The summed E-state index contributed by atoms with van der Waals surface area (Å²) in [4.78, 5) is 8.81. The first-order valence-electron chi connectivity index (χ1n) is 3.69. The van der Waals surface area contributed by atoms with Gasteiger partial charge in [-0.25, -0.2) is 0 Å². The first kappa shape index (κ1) is 22.6. The Morgan fingerprint density at radius 3 is 1.69 bits per heavy atom. The molecule has 0 aliphatic carbocycles. The molecule has 0 rings (SSSR count). The van der Waals surface area contributed by atoms with Gasteiger partial charge in [-0.3, -0.25) is 0 Å². The third-order valence-electron chi connectivity index (χ3n) is 0.115. The molecule has 0 bridgehead atoms. The van der Waals surface area contributed by atoms with Crippen LogP contribution in [0.15, 0.2) is 5.16 Å². The number of rotatable bonds is 0. The van der Waals surface area contributed by atoms with Gasteiger partial charge in [0.25, 0.3) is 0 Å². The normalized spacial score (nSPS) is 5.85. The van der Waals surface area contributed by atoms with Gasteiger partial charge < -0.3 is 15.7 Å². The van der Waals surface area contributed by atoms with Crippen LogP contribution in [0.2, 0.25) is 0 Å². The number of oxime groups is 1. The molecular formula is C8H19N3O2. The molecule has 5 nitrogen and oxygen atoms in total. The van der Waals surface area contributed by atoms with Crippen molar-refractivity contribution in [1.82, 2.24) is 0 Å². The molecule has 0 aromatic rings. The zero-order chi connectivity index (χ0) is 11.5. The molecule has 0 saturated carbocycles. The first-order valence-corrected chi connectivity index (χ1v) is 3.69. The number of nitriles is 1. The summed E-state index contributed by atoms with van der Waals surface area (Å²) >= 11 is 0. The van der Waals surface area contributed by atoms with Crippen LogP contribution in [0.3, 0.4) is 0 Å². The van der Waals surface area contributed by atoms with Gasteiger partial charge in [-0.1, -0.05) is 6.92 Å². The van der Waals surface area contributed by atoms with Crippen LogP contribution in [0.4, 0.5) is 0 Å². The maximum absolute atomic E-state index is 8.81. The van der Waals surface area contributed by atoms with Crippen molar-refractivity contribution in [3.8, 4) is 6.07 Å². The molecule has 0 atom stereocenters. The lowest BCUT2D eigenvalue weighted by Crippen LogP contribution is -1.87. The highest BCUT2D eigenvalue weighted by molar-refractivity contribution is 5.51. The van der Waals surface area contributed by atoms with E-state index >= 15 is 0 Å². The SMILES string of the molecule is C/C=N/O.CC#N.CC=O.CCN. The molecule has 0 heterocycles. The van der Waals surface area contributed by atoms with E-state index in [4.69, 9.17) is 21.0 Å². The Kier molecular flexibility index (Phi) is 131. The zero-order valence-electron chi connectivity index (χ0n) is 8.69. The molecule has 0 aromatic heterocycles. The summed E-state index contributed by atoms with van der Waals surface area (Å²) in [6, 6.07) is 1.75. The van der Waals surface area contributed by atoms with Gasteiger partial charge in [0.1, 0.15) is 6.29 Å². The molecular weight excluding hydrogens is 170 g/mol. The highest BCUT2D eigenvalue weighted by Crippen LogP contribution is 1.38. The van der Waals surface area contributed by atoms with Gasteiger partial charge >= 0.3 is 0 Å². The second-order valence-corrected chi connectivity index (χ2v) is 1.24. The van der Waals surface area contributed by atoms with E-state index in [1.54, 1.807) is 13.0 Å². The van der Waals surface area contributed by atoms with Crippen molar-refractivity contribution in [3.05, 3.63) is 0 Å². The fourth-order valence-corrected chi connectivity index (χ4v) is 0. The smallest absolute Gasteiger partial charge is 0.116 e. The Bertz CT molecular complexity index is 115. The van der Waals surface area contributed by atoms with E-state index in [9.17, 15) is 0 Å². The van der Waals surface area contributed by atoms with E-state index in [1.165, 1.54) is 20.1 Å². The summed E-state index contributed by atoms with van der Waals surface area (Å²) < 4.78 is 0. The Morgan fingerprint density at radius 2 is 1.69 bits per heavy atom. The topological polar surface area (TPSA) is 99.5 Å². The average molecular weight is 189 g/mol. The number of hydrogen-bond donors (Lipinski definition) is 2. The Morgan fingerprint density at radius 1 is 1.62 bits per heavy atom. The second-order valence-electron chi connectivity index (χ2n) is 1.24. The maximum Gasteiger partial charge on any atom is 0.116 e. The largest absolute Gasteiger partial charge is 0.411 e. The van der Waals surface area contributed by atoms with Gasteiger partial charge in [-0.2, -0.15) is 5.26 Å². The van der Waals surface area contributed by atoms with Crippen LogP contribution >= 0.6 is 0 Å². The maximum atomic E-state index is 8.81. The van der Waals surface area contributed by atoms with Crippen molar-refractivity contribution >= 4 is 12.5 Å². The summed E-state index contributed by atoms with van der Waals surface area (Å²) in [5.41, 5.74) is 4.85. The second kappa shape index (κ2) is 75.6. The minimum absolute atomic E-state index is 0.750. The van der Waals surface area contributed by atoms with Crippen LogP contribution in [0.25, 0.3) is 0 Å². The van der Waals surface area contributed by atoms with Gasteiger partial charge in [0, 0.05) is 13.1 Å². The molecule has 0 fully saturated rings. The fourth-order valence-electron chi connectivity index (χ4n) is 0. The van der Waals surface area contributed by atoms with Crippen molar-refractivity contribution in [2.75, 3.05) is 6.54 Å². The monoisotopic (exact) mass is 189 g/mol. The molecule has 0 amide bonds. The Hall–Kier alpha value is -1.41. The standard InChI is InChI=1S/C2H5NO.C2H7N.C2H3N.C2H4O/c1-2-3-4;3*1-2-3/h2,4H,1H3;2-3H2,1H3;1H3;2H,1H3/b3-2+;;;. The summed E-state index contributed by atoms with van der Waals surface area (Å²) in [5, 5.41) is 17.4. The lowest BCUT2D eigenvalue weighted by atomic mass is 10.8. The van der Waals surface area contributed by atoms with Crippen molar-refractivity contribution in [3.63, 3.8) is 0 Å². The molecule has 5 heteroatoms. The third-order valence-corrected chi connectivity index (χ3v) is 0.115. The number of nitrogens with zero attached hydrogens (tertiary/aromatic N) is 2. The predicted octanol–water partition coefficient (Wildman–Crippen LogP) is 1.17. The van der Waals surface area contributed by atoms with Gasteiger partial charge in [0.2, 0.25) is 0 Å². The molecule has 0 saturated heterocycles. The van der Waals surface area contributed by atoms with Crippen molar-refractivity contribution in [2.45, 2.75) is 27.7 Å². The zero-order valence-corrected chi connectivity index (χ0v) is 8.69. The van der Waals surface area contributed by atoms with Crippen molar-refractivity contribution in [1.29, 1.82) is 5.26 Å². The Balaban J connectivity index is -0.0000000420. The number of carbonyl (C=O) groups excluding carboxylic acids is 1. The van der Waals surface area contributed by atoms with Gasteiger partial charge in [-0.15, -0.1) is 5.16 Å². The number of hydrogen-bond acceptors (Lipinski definition) is 5. The number of aldehydes is 1. The minimum Gasteiger partial charge on any atom is -0.411 e. The molecule has 0 radical (unpaired) electrons. The van der Waals surface area contributed by atoms with E-state index in [2.05, 4.69) is 5.16 Å². The molecule has 13 heavy (non-hydrogen) atoms. The summed E-state index contributed by atoms with van der Waals surface area (Å²) in [7, 11) is 0. The number of carbonyl (C=O) groups is 1. The van der Waals surface area contributed by atoms with Crippen LogP contribution in [-0.2, 0) is 4.79 Å².